The van der Waals surface area contributed by atoms with Crippen molar-refractivity contribution in [3.05, 3.63) is 70.8 Å². The van der Waals surface area contributed by atoms with Gasteiger partial charge in [-0.2, -0.15) is 0 Å². The second kappa shape index (κ2) is 9.80. The number of hydrogen-bond acceptors (Lipinski definition) is 3. The molecular weight excluding hydrogens is 284 g/mol. The molecule has 1 aliphatic heterocycles. The average molecular weight is 312 g/mol. The molecule has 0 radical (unpaired) electrons. The fraction of sp³-hybridized carbons (Fsp3) is 0.350. The van der Waals surface area contributed by atoms with E-state index in [0.29, 0.717) is 0 Å². The van der Waals surface area contributed by atoms with Gasteiger partial charge in [-0.15, -0.1) is 0 Å². The van der Waals surface area contributed by atoms with Crippen molar-refractivity contribution in [2.45, 2.75) is 47.8 Å². The van der Waals surface area contributed by atoms with Gasteiger partial charge in [0.2, 0.25) is 6.23 Å². The lowest BCUT2D eigenvalue weighted by molar-refractivity contribution is 0.0377. The number of nitrogens with one attached hydrogen (secondary N) is 1. The first-order valence-electron chi connectivity index (χ1n) is 8.35. The zero-order chi connectivity index (χ0) is 17.2. The minimum absolute atomic E-state index is 0.267. The molecule has 2 aromatic rings. The highest BCUT2D eigenvalue weighted by Crippen LogP contribution is 2.23. The number of aryl methyl sites for hydroxylation is 2. The van der Waals surface area contributed by atoms with Crippen LogP contribution >= 0.6 is 0 Å². The van der Waals surface area contributed by atoms with E-state index >= 15 is 0 Å². The Morgan fingerprint density at radius 1 is 0.783 bits per heavy atom. The van der Waals surface area contributed by atoms with Crippen molar-refractivity contribution < 1.29 is 4.84 Å². The monoisotopic (exact) mass is 312 g/mol. The van der Waals surface area contributed by atoms with Crippen LogP contribution in [0.4, 0.5) is 0 Å². The molecule has 1 heterocycles. The van der Waals surface area contributed by atoms with Crippen LogP contribution in [0, 0.1) is 13.8 Å². The van der Waals surface area contributed by atoms with Crippen LogP contribution in [0.3, 0.4) is 0 Å². The fourth-order valence-electron chi connectivity index (χ4n) is 2.00. The van der Waals surface area contributed by atoms with Crippen LogP contribution in [0.1, 0.15) is 56.2 Å². The Morgan fingerprint density at radius 3 is 1.78 bits per heavy atom. The average Bonchev–Trinajstić information content (AvgIpc) is 3.10. The third-order valence-corrected chi connectivity index (χ3v) is 3.20. The maximum absolute atomic E-state index is 5.52. The molecule has 0 aliphatic carbocycles. The maximum atomic E-state index is 5.52. The Hall–Kier alpha value is -2.13. The lowest BCUT2D eigenvalue weighted by Gasteiger charge is -2.05. The van der Waals surface area contributed by atoms with Crippen LogP contribution in [-0.2, 0) is 4.84 Å². The summed E-state index contributed by atoms with van der Waals surface area (Å²) in [7, 11) is 0. The van der Waals surface area contributed by atoms with Crippen LogP contribution in [0.2, 0.25) is 0 Å². The summed E-state index contributed by atoms with van der Waals surface area (Å²) in [4.78, 5) is 10.1. The van der Waals surface area contributed by atoms with Gasteiger partial charge < -0.3 is 0 Å². The highest BCUT2D eigenvalue weighted by Gasteiger charge is 2.20. The zero-order valence-electron chi connectivity index (χ0n) is 15.1. The van der Waals surface area contributed by atoms with E-state index in [2.05, 4.69) is 48.6 Å². The minimum Gasteiger partial charge on any atom is -0.246 e. The Bertz CT molecular complexity index is 601. The minimum atomic E-state index is -0.267. The van der Waals surface area contributed by atoms with E-state index in [1.165, 1.54) is 11.1 Å². The van der Waals surface area contributed by atoms with E-state index in [0.717, 1.165) is 17.0 Å². The summed E-state index contributed by atoms with van der Waals surface area (Å²) < 4.78 is 0. The lowest BCUT2D eigenvalue weighted by atomic mass is 10.1. The zero-order valence-corrected chi connectivity index (χ0v) is 15.1. The van der Waals surface area contributed by atoms with E-state index in [1.54, 1.807) is 0 Å². The Balaban J connectivity index is 0.000000615. The molecule has 3 heteroatoms. The molecule has 0 amide bonds. The molecule has 0 saturated carbocycles. The Labute approximate surface area is 140 Å². The summed E-state index contributed by atoms with van der Waals surface area (Å²) in [6, 6.07) is 16.4. The van der Waals surface area contributed by atoms with Crippen LogP contribution in [-0.4, -0.2) is 5.84 Å². The van der Waals surface area contributed by atoms with Gasteiger partial charge in [-0.1, -0.05) is 87.4 Å². The third kappa shape index (κ3) is 5.22. The van der Waals surface area contributed by atoms with E-state index in [9.17, 15) is 0 Å². The van der Waals surface area contributed by atoms with E-state index in [-0.39, 0.29) is 6.23 Å². The van der Waals surface area contributed by atoms with Crippen molar-refractivity contribution in [3.63, 3.8) is 0 Å². The summed E-state index contributed by atoms with van der Waals surface area (Å²) in [6.45, 7) is 12.1. The highest BCUT2D eigenvalue weighted by molar-refractivity contribution is 5.98. The molecule has 0 spiro atoms. The van der Waals surface area contributed by atoms with Crippen molar-refractivity contribution in [3.8, 4) is 0 Å². The first-order valence-corrected chi connectivity index (χ1v) is 8.35. The predicted octanol–water partition coefficient (Wildman–Crippen LogP) is 5.34. The fourth-order valence-corrected chi connectivity index (χ4v) is 2.00. The lowest BCUT2D eigenvalue weighted by Crippen LogP contribution is -2.17. The quantitative estimate of drug-likeness (QED) is 0.812. The molecule has 0 saturated heterocycles. The summed E-state index contributed by atoms with van der Waals surface area (Å²) in [5, 5.41) is 0. The number of hydrogen-bond donors (Lipinski definition) is 1. The number of rotatable bonds is 2. The SMILES string of the molecule is CC.CC.Cc1ccc(C2=NC(c3ccc(C)cc3)ON2)cc1. The van der Waals surface area contributed by atoms with Gasteiger partial charge in [0.1, 0.15) is 0 Å². The topological polar surface area (TPSA) is 33.6 Å². The van der Waals surface area contributed by atoms with Gasteiger partial charge in [0.15, 0.2) is 5.84 Å². The van der Waals surface area contributed by atoms with Crippen molar-refractivity contribution in [2.24, 2.45) is 4.99 Å². The standard InChI is InChI=1S/C16H16N2O.2C2H6/c1-11-3-7-13(8-4-11)15-17-16(19-18-15)14-9-5-12(2)6-10-14;2*1-2/h3-10,16H,1-2H3,(H,17,18);2*1-2H3. The first kappa shape index (κ1) is 18.9. The Kier molecular flexibility index (Phi) is 8.06. The summed E-state index contributed by atoms with van der Waals surface area (Å²) >= 11 is 0. The second-order valence-corrected chi connectivity index (χ2v) is 4.83. The molecule has 2 aromatic carbocycles. The van der Waals surface area contributed by atoms with E-state index in [4.69, 9.17) is 4.84 Å². The second-order valence-electron chi connectivity index (χ2n) is 4.83. The van der Waals surface area contributed by atoms with E-state index < -0.39 is 0 Å². The number of nitrogens with zero attached hydrogens (tertiary/aromatic N) is 1. The van der Waals surface area contributed by atoms with Gasteiger partial charge in [-0.25, -0.2) is 15.3 Å². The molecular formula is C20H28N2O. The van der Waals surface area contributed by atoms with Crippen LogP contribution < -0.4 is 5.48 Å². The van der Waals surface area contributed by atoms with Gasteiger partial charge in [0, 0.05) is 11.1 Å². The molecule has 124 valence electrons. The molecule has 0 bridgehead atoms. The van der Waals surface area contributed by atoms with Crippen LogP contribution in [0.25, 0.3) is 0 Å². The number of benzene rings is 2. The largest absolute Gasteiger partial charge is 0.246 e. The van der Waals surface area contributed by atoms with Gasteiger partial charge in [-0.05, 0) is 13.8 Å². The molecule has 1 atom stereocenters. The smallest absolute Gasteiger partial charge is 0.202 e. The molecule has 1 unspecified atom stereocenters. The van der Waals surface area contributed by atoms with Crippen molar-refractivity contribution in [1.29, 1.82) is 0 Å². The molecule has 1 N–H and O–H groups in total. The van der Waals surface area contributed by atoms with Gasteiger partial charge in [-0.3, -0.25) is 0 Å². The van der Waals surface area contributed by atoms with Crippen molar-refractivity contribution in [1.82, 2.24) is 5.48 Å². The third-order valence-electron chi connectivity index (χ3n) is 3.20. The van der Waals surface area contributed by atoms with Crippen LogP contribution in [0.5, 0.6) is 0 Å². The Morgan fingerprint density at radius 2 is 1.26 bits per heavy atom. The number of amidine groups is 1. The maximum Gasteiger partial charge on any atom is 0.202 e. The van der Waals surface area contributed by atoms with Gasteiger partial charge in [0.05, 0.1) is 0 Å². The molecule has 0 aromatic heterocycles. The van der Waals surface area contributed by atoms with Crippen molar-refractivity contribution >= 4 is 5.84 Å². The van der Waals surface area contributed by atoms with E-state index in [1.807, 2.05) is 52.0 Å². The first-order chi connectivity index (χ1) is 11.2. The number of hydroxylamine groups is 1. The summed E-state index contributed by atoms with van der Waals surface area (Å²) in [5.74, 6) is 0.783. The molecule has 0 fully saturated rings. The molecule has 3 nitrogen and oxygen atoms in total. The summed E-state index contributed by atoms with van der Waals surface area (Å²) in [5.41, 5.74) is 7.47. The predicted molar refractivity (Wildman–Crippen MR) is 98.6 cm³/mol. The number of aliphatic imine (C=N–C) groups is 1. The van der Waals surface area contributed by atoms with Crippen molar-refractivity contribution in [2.75, 3.05) is 0 Å². The molecule has 23 heavy (non-hydrogen) atoms. The summed E-state index contributed by atoms with van der Waals surface area (Å²) in [6.07, 6.45) is -0.267. The molecule has 3 rings (SSSR count). The highest BCUT2D eigenvalue weighted by atomic mass is 16.7. The molecule has 1 aliphatic rings. The normalized spacial score (nSPS) is 15.4. The van der Waals surface area contributed by atoms with Gasteiger partial charge >= 0.3 is 0 Å². The van der Waals surface area contributed by atoms with Crippen LogP contribution in [0.15, 0.2) is 53.5 Å². The van der Waals surface area contributed by atoms with Gasteiger partial charge in [0.25, 0.3) is 0 Å².